The van der Waals surface area contributed by atoms with E-state index in [0.29, 0.717) is 13.1 Å². The minimum atomic E-state index is -0.359. The summed E-state index contributed by atoms with van der Waals surface area (Å²) in [7, 11) is 1.77. The molecule has 0 bridgehead atoms. The normalized spacial score (nSPS) is 15.7. The van der Waals surface area contributed by atoms with Gasteiger partial charge in [0.25, 0.3) is 0 Å². The maximum atomic E-state index is 11.8. The first kappa shape index (κ1) is 23.2. The summed E-state index contributed by atoms with van der Waals surface area (Å²) in [6.07, 6.45) is 2.38. The lowest BCUT2D eigenvalue weighted by Crippen LogP contribution is -2.45. The summed E-state index contributed by atoms with van der Waals surface area (Å²) in [6.45, 7) is 7.81. The smallest absolute Gasteiger partial charge is 0.225 e. The van der Waals surface area contributed by atoms with E-state index in [-0.39, 0.29) is 40.7 Å². The number of hydrogen-bond acceptors (Lipinski definition) is 2. The zero-order chi connectivity index (χ0) is 18.5. The first-order valence-corrected chi connectivity index (χ1v) is 9.55. The van der Waals surface area contributed by atoms with Gasteiger partial charge in [-0.15, -0.1) is 24.0 Å². The number of nitrogens with one attached hydrogen (secondary N) is 3. The number of aliphatic imine (C=N–C) groups is 1. The average Bonchev–Trinajstić information content (AvgIpc) is 3.34. The maximum Gasteiger partial charge on any atom is 0.225 e. The van der Waals surface area contributed by atoms with Gasteiger partial charge in [0.1, 0.15) is 0 Å². The van der Waals surface area contributed by atoms with Crippen LogP contribution in [0.25, 0.3) is 0 Å². The fourth-order valence-electron chi connectivity index (χ4n) is 2.63. The van der Waals surface area contributed by atoms with Gasteiger partial charge in [0, 0.05) is 42.0 Å². The molecule has 1 aliphatic rings. The molecule has 7 heteroatoms. The van der Waals surface area contributed by atoms with Crippen molar-refractivity contribution >= 4 is 51.8 Å². The molecule has 1 aromatic rings. The van der Waals surface area contributed by atoms with Crippen LogP contribution in [0.5, 0.6) is 0 Å². The van der Waals surface area contributed by atoms with Crippen LogP contribution in [-0.4, -0.2) is 38.5 Å². The predicted octanol–water partition coefficient (Wildman–Crippen LogP) is 3.43. The van der Waals surface area contributed by atoms with E-state index in [9.17, 15) is 4.79 Å². The first-order chi connectivity index (χ1) is 11.8. The lowest BCUT2D eigenvalue weighted by atomic mass is 9.96. The number of carbonyl (C=O) groups is 1. The Hall–Kier alpha value is -0.830. The second-order valence-corrected chi connectivity index (χ2v) is 8.56. The highest BCUT2D eigenvalue weighted by Crippen LogP contribution is 2.48. The van der Waals surface area contributed by atoms with Crippen LogP contribution in [0, 0.1) is 5.41 Å². The van der Waals surface area contributed by atoms with Crippen LogP contribution in [-0.2, 0) is 10.2 Å². The Kier molecular flexibility index (Phi) is 8.85. The van der Waals surface area contributed by atoms with Crippen molar-refractivity contribution < 1.29 is 4.79 Å². The lowest BCUT2D eigenvalue weighted by molar-refractivity contribution is -0.128. The van der Waals surface area contributed by atoms with Gasteiger partial charge in [0.05, 0.1) is 0 Å². The number of carbonyl (C=O) groups excluding carboxylic acids is 1. The Morgan fingerprint density at radius 3 is 2.38 bits per heavy atom. The Balaban J connectivity index is 0.00000338. The summed E-state index contributed by atoms with van der Waals surface area (Å²) in [6, 6.07) is 8.54. The van der Waals surface area contributed by atoms with Crippen LogP contribution in [0.3, 0.4) is 0 Å². The molecule has 2 rings (SSSR count). The average molecular weight is 537 g/mol. The molecular weight excluding hydrogens is 507 g/mol. The number of guanidine groups is 1. The lowest BCUT2D eigenvalue weighted by Gasteiger charge is -2.20. The molecule has 0 unspecified atom stereocenters. The van der Waals surface area contributed by atoms with Crippen molar-refractivity contribution in [2.75, 3.05) is 26.7 Å². The molecule has 1 fully saturated rings. The summed E-state index contributed by atoms with van der Waals surface area (Å²) in [4.78, 5) is 16.1. The molecule has 146 valence electrons. The molecule has 1 amide bonds. The van der Waals surface area contributed by atoms with Crippen molar-refractivity contribution in [3.63, 3.8) is 0 Å². The molecule has 0 aromatic heterocycles. The third-order valence-corrected chi connectivity index (χ3v) is 4.99. The molecule has 0 spiro atoms. The zero-order valence-corrected chi connectivity index (χ0v) is 19.9. The van der Waals surface area contributed by atoms with E-state index >= 15 is 0 Å². The molecule has 0 radical (unpaired) electrons. The molecule has 1 aliphatic carbocycles. The van der Waals surface area contributed by atoms with E-state index in [2.05, 4.69) is 61.1 Å². The molecule has 3 N–H and O–H groups in total. The second kappa shape index (κ2) is 9.92. The van der Waals surface area contributed by atoms with E-state index in [0.717, 1.165) is 17.0 Å². The maximum absolute atomic E-state index is 11.8. The van der Waals surface area contributed by atoms with Gasteiger partial charge in [0.2, 0.25) is 5.91 Å². The summed E-state index contributed by atoms with van der Waals surface area (Å²) >= 11 is 3.55. The zero-order valence-electron chi connectivity index (χ0n) is 16.0. The van der Waals surface area contributed by atoms with Gasteiger partial charge in [-0.1, -0.05) is 48.8 Å². The van der Waals surface area contributed by atoms with Crippen molar-refractivity contribution in [2.24, 2.45) is 10.4 Å². The van der Waals surface area contributed by atoms with Crippen LogP contribution < -0.4 is 16.0 Å². The van der Waals surface area contributed by atoms with Gasteiger partial charge in [-0.3, -0.25) is 9.79 Å². The van der Waals surface area contributed by atoms with Crippen molar-refractivity contribution in [2.45, 2.75) is 39.0 Å². The third-order valence-electron chi connectivity index (χ3n) is 4.49. The number of halogens is 2. The predicted molar refractivity (Wildman–Crippen MR) is 122 cm³/mol. The van der Waals surface area contributed by atoms with E-state index in [4.69, 9.17) is 0 Å². The summed E-state index contributed by atoms with van der Waals surface area (Å²) in [5.41, 5.74) is 1.21. The highest BCUT2D eigenvalue weighted by molar-refractivity contribution is 14.0. The number of nitrogens with zero attached hydrogens (tertiary/aromatic N) is 1. The highest BCUT2D eigenvalue weighted by Gasteiger charge is 2.44. The monoisotopic (exact) mass is 536 g/mol. The van der Waals surface area contributed by atoms with Gasteiger partial charge in [-0.05, 0) is 30.5 Å². The standard InChI is InChI=1S/C19H29BrN4O.HI/c1-18(2,3)16(25)22-10-11-23-17(21-4)24-13-19(8-9-19)14-6-5-7-15(20)12-14;/h5-7,12H,8-11,13H2,1-4H3,(H,22,25)(H2,21,23,24);1H. The van der Waals surface area contributed by atoms with E-state index < -0.39 is 0 Å². The molecule has 0 saturated heterocycles. The quantitative estimate of drug-likeness (QED) is 0.226. The highest BCUT2D eigenvalue weighted by atomic mass is 127. The third kappa shape index (κ3) is 6.72. The molecule has 5 nitrogen and oxygen atoms in total. The van der Waals surface area contributed by atoms with Crippen molar-refractivity contribution in [3.05, 3.63) is 34.3 Å². The molecule has 1 saturated carbocycles. The molecule has 26 heavy (non-hydrogen) atoms. The van der Waals surface area contributed by atoms with E-state index in [1.165, 1.54) is 18.4 Å². The largest absolute Gasteiger partial charge is 0.356 e. The van der Waals surface area contributed by atoms with E-state index in [1.807, 2.05) is 20.8 Å². The number of benzene rings is 1. The number of amides is 1. The summed E-state index contributed by atoms with van der Waals surface area (Å²) in [5, 5.41) is 9.60. The van der Waals surface area contributed by atoms with Crippen LogP contribution in [0.15, 0.2) is 33.7 Å². The summed E-state index contributed by atoms with van der Waals surface area (Å²) < 4.78 is 1.12. The van der Waals surface area contributed by atoms with Crippen LogP contribution >= 0.6 is 39.9 Å². The van der Waals surface area contributed by atoms with Crippen LogP contribution in [0.1, 0.15) is 39.2 Å². The van der Waals surface area contributed by atoms with Crippen LogP contribution in [0.4, 0.5) is 0 Å². The molecule has 1 aromatic carbocycles. The Morgan fingerprint density at radius 2 is 1.85 bits per heavy atom. The SMILES string of the molecule is CN=C(NCCNC(=O)C(C)(C)C)NCC1(c2cccc(Br)c2)CC1.I. The first-order valence-electron chi connectivity index (χ1n) is 8.76. The minimum Gasteiger partial charge on any atom is -0.356 e. The fraction of sp³-hybridized carbons (Fsp3) is 0.579. The van der Waals surface area contributed by atoms with Gasteiger partial charge in [0.15, 0.2) is 5.96 Å². The molecule has 0 heterocycles. The Bertz CT molecular complexity index is 639. The Labute approximate surface area is 182 Å². The fourth-order valence-corrected chi connectivity index (χ4v) is 3.03. The molecule has 0 atom stereocenters. The van der Waals surface area contributed by atoms with E-state index in [1.54, 1.807) is 7.05 Å². The van der Waals surface area contributed by atoms with Crippen molar-refractivity contribution in [1.82, 2.24) is 16.0 Å². The van der Waals surface area contributed by atoms with Gasteiger partial charge in [-0.2, -0.15) is 0 Å². The van der Waals surface area contributed by atoms with Gasteiger partial charge >= 0.3 is 0 Å². The Morgan fingerprint density at radius 1 is 1.19 bits per heavy atom. The van der Waals surface area contributed by atoms with Gasteiger partial charge < -0.3 is 16.0 Å². The minimum absolute atomic E-state index is 0. The molecular formula is C19H30BrIN4O. The number of hydrogen-bond donors (Lipinski definition) is 3. The van der Waals surface area contributed by atoms with Crippen molar-refractivity contribution in [1.29, 1.82) is 0 Å². The molecule has 0 aliphatic heterocycles. The van der Waals surface area contributed by atoms with Gasteiger partial charge in [-0.25, -0.2) is 0 Å². The van der Waals surface area contributed by atoms with Crippen molar-refractivity contribution in [3.8, 4) is 0 Å². The topological polar surface area (TPSA) is 65.5 Å². The summed E-state index contributed by atoms with van der Waals surface area (Å²) in [5.74, 6) is 0.829. The number of rotatable bonds is 6. The second-order valence-electron chi connectivity index (χ2n) is 7.65. The van der Waals surface area contributed by atoms with Crippen LogP contribution in [0.2, 0.25) is 0 Å².